The molecule has 0 radical (unpaired) electrons. The van der Waals surface area contributed by atoms with E-state index in [9.17, 15) is 5.11 Å². The predicted molar refractivity (Wildman–Crippen MR) is 79.1 cm³/mol. The number of aromatic nitrogens is 3. The summed E-state index contributed by atoms with van der Waals surface area (Å²) in [5, 5.41) is 16.0. The van der Waals surface area contributed by atoms with E-state index in [4.69, 9.17) is 4.74 Å². The van der Waals surface area contributed by atoms with Crippen LogP contribution in [-0.2, 0) is 0 Å². The highest BCUT2D eigenvalue weighted by Gasteiger charge is 2.17. The van der Waals surface area contributed by atoms with Crippen molar-refractivity contribution in [2.75, 3.05) is 30.8 Å². The monoisotopic (exact) mass is 283 g/mol. The minimum absolute atomic E-state index is 0.0762. The fourth-order valence-corrected chi connectivity index (χ4v) is 1.75. The molecule has 7 heteroatoms. The fraction of sp³-hybridized carbons (Fsp3) is 0.769. The topological polar surface area (TPSA) is 92.2 Å². The lowest BCUT2D eigenvalue weighted by molar-refractivity contribution is 0.132. The van der Waals surface area contributed by atoms with Crippen LogP contribution in [-0.4, -0.2) is 46.4 Å². The summed E-state index contributed by atoms with van der Waals surface area (Å²) in [5.41, 5.74) is 0.0762. The molecule has 3 N–H and O–H groups in total. The molecule has 1 rings (SSSR count). The molecule has 0 saturated carbocycles. The van der Waals surface area contributed by atoms with Crippen molar-refractivity contribution in [1.82, 2.24) is 15.0 Å². The van der Waals surface area contributed by atoms with E-state index in [1.54, 1.807) is 0 Å². The van der Waals surface area contributed by atoms with Gasteiger partial charge in [0, 0.05) is 13.1 Å². The van der Waals surface area contributed by atoms with E-state index in [2.05, 4.69) is 46.4 Å². The average molecular weight is 283 g/mol. The van der Waals surface area contributed by atoms with E-state index < -0.39 is 6.10 Å². The second kappa shape index (κ2) is 7.23. The quantitative estimate of drug-likeness (QED) is 0.698. The molecule has 0 aliphatic heterocycles. The zero-order chi connectivity index (χ0) is 15.2. The van der Waals surface area contributed by atoms with E-state index in [-0.39, 0.29) is 11.4 Å². The third-order valence-electron chi connectivity index (χ3n) is 2.48. The highest BCUT2D eigenvalue weighted by molar-refractivity contribution is 5.35. The number of hydrogen-bond donors (Lipinski definition) is 3. The molecular formula is C13H25N5O2. The van der Waals surface area contributed by atoms with Gasteiger partial charge in [0.2, 0.25) is 11.9 Å². The van der Waals surface area contributed by atoms with Crippen molar-refractivity contribution < 1.29 is 9.84 Å². The molecule has 1 aromatic rings. The van der Waals surface area contributed by atoms with E-state index in [0.29, 0.717) is 31.4 Å². The molecule has 114 valence electrons. The number of aliphatic hydroxyl groups is 1. The lowest BCUT2D eigenvalue weighted by atomic mass is 9.89. The van der Waals surface area contributed by atoms with Crippen LogP contribution < -0.4 is 15.4 Å². The summed E-state index contributed by atoms with van der Waals surface area (Å²) in [4.78, 5) is 12.4. The van der Waals surface area contributed by atoms with Crippen molar-refractivity contribution in [2.45, 2.75) is 40.2 Å². The molecule has 20 heavy (non-hydrogen) atoms. The number of nitrogens with one attached hydrogen (secondary N) is 2. The zero-order valence-electron chi connectivity index (χ0n) is 12.9. The molecule has 1 unspecified atom stereocenters. The van der Waals surface area contributed by atoms with E-state index in [0.717, 1.165) is 0 Å². The van der Waals surface area contributed by atoms with Crippen LogP contribution in [0.5, 0.6) is 6.01 Å². The number of hydrogen-bond acceptors (Lipinski definition) is 7. The summed E-state index contributed by atoms with van der Waals surface area (Å²) >= 11 is 0. The average Bonchev–Trinajstić information content (AvgIpc) is 2.34. The Kier molecular flexibility index (Phi) is 5.94. The molecule has 0 bridgehead atoms. The molecule has 1 heterocycles. The molecule has 0 saturated heterocycles. The summed E-state index contributed by atoms with van der Waals surface area (Å²) in [6, 6.07) is 0.240. The standard InChI is InChI=1S/C13H25N5O2/c1-6-14-10-16-11(18-12(17-10)20-5)15-8-9(19)7-13(2,3)4/h9,19H,6-8H2,1-5H3,(H2,14,15,16,17,18). The number of aliphatic hydroxyl groups excluding tert-OH is 1. The van der Waals surface area contributed by atoms with Gasteiger partial charge >= 0.3 is 6.01 Å². The van der Waals surface area contributed by atoms with Crippen LogP contribution in [0.2, 0.25) is 0 Å². The fourth-order valence-electron chi connectivity index (χ4n) is 1.75. The number of anilines is 2. The van der Waals surface area contributed by atoms with E-state index in [1.807, 2.05) is 6.92 Å². The summed E-state index contributed by atoms with van der Waals surface area (Å²) < 4.78 is 5.02. The SMILES string of the molecule is CCNc1nc(NCC(O)CC(C)(C)C)nc(OC)n1. The van der Waals surface area contributed by atoms with Gasteiger partial charge in [-0.15, -0.1) is 0 Å². The second-order valence-electron chi connectivity index (χ2n) is 5.80. The van der Waals surface area contributed by atoms with Gasteiger partial charge in [0.05, 0.1) is 13.2 Å². The van der Waals surface area contributed by atoms with Crippen molar-refractivity contribution in [2.24, 2.45) is 5.41 Å². The third-order valence-corrected chi connectivity index (χ3v) is 2.48. The van der Waals surface area contributed by atoms with Crippen LogP contribution >= 0.6 is 0 Å². The van der Waals surface area contributed by atoms with Crippen molar-refractivity contribution in [3.63, 3.8) is 0 Å². The van der Waals surface area contributed by atoms with Gasteiger partial charge in [-0.05, 0) is 18.8 Å². The second-order valence-corrected chi connectivity index (χ2v) is 5.80. The largest absolute Gasteiger partial charge is 0.467 e. The molecule has 0 aromatic carbocycles. The third kappa shape index (κ3) is 6.01. The first-order valence-corrected chi connectivity index (χ1v) is 6.80. The van der Waals surface area contributed by atoms with Crippen molar-refractivity contribution >= 4 is 11.9 Å². The minimum Gasteiger partial charge on any atom is -0.467 e. The molecule has 1 atom stereocenters. The van der Waals surface area contributed by atoms with Gasteiger partial charge < -0.3 is 20.5 Å². The maximum Gasteiger partial charge on any atom is 0.322 e. The van der Waals surface area contributed by atoms with Crippen LogP contribution in [0.1, 0.15) is 34.1 Å². The van der Waals surface area contributed by atoms with Crippen molar-refractivity contribution in [3.05, 3.63) is 0 Å². The van der Waals surface area contributed by atoms with Crippen LogP contribution in [0.25, 0.3) is 0 Å². The molecule has 0 aliphatic carbocycles. The van der Waals surface area contributed by atoms with Crippen LogP contribution in [0.15, 0.2) is 0 Å². The minimum atomic E-state index is -0.458. The number of ether oxygens (including phenoxy) is 1. The first-order valence-electron chi connectivity index (χ1n) is 6.80. The number of nitrogens with zero attached hydrogens (tertiary/aromatic N) is 3. The van der Waals surface area contributed by atoms with Crippen LogP contribution in [0.4, 0.5) is 11.9 Å². The van der Waals surface area contributed by atoms with Gasteiger partial charge in [-0.3, -0.25) is 0 Å². The Balaban J connectivity index is 2.64. The summed E-state index contributed by atoms with van der Waals surface area (Å²) in [6.07, 6.45) is 0.239. The molecule has 0 spiro atoms. The van der Waals surface area contributed by atoms with Gasteiger partial charge in [0.1, 0.15) is 0 Å². The van der Waals surface area contributed by atoms with Gasteiger partial charge in [0.25, 0.3) is 0 Å². The predicted octanol–water partition coefficient (Wildman–Crippen LogP) is 1.52. The first-order chi connectivity index (χ1) is 9.34. The highest BCUT2D eigenvalue weighted by Crippen LogP contribution is 2.21. The van der Waals surface area contributed by atoms with E-state index in [1.165, 1.54) is 7.11 Å². The Morgan fingerprint density at radius 3 is 2.25 bits per heavy atom. The van der Waals surface area contributed by atoms with Gasteiger partial charge in [-0.1, -0.05) is 20.8 Å². The molecular weight excluding hydrogens is 258 g/mol. The smallest absolute Gasteiger partial charge is 0.322 e. The molecule has 0 fully saturated rings. The Bertz CT molecular complexity index is 420. The Morgan fingerprint density at radius 2 is 1.75 bits per heavy atom. The van der Waals surface area contributed by atoms with Gasteiger partial charge in [-0.25, -0.2) is 0 Å². The molecule has 0 aliphatic rings. The lowest BCUT2D eigenvalue weighted by Gasteiger charge is -2.22. The molecule has 0 amide bonds. The normalized spacial score (nSPS) is 12.9. The van der Waals surface area contributed by atoms with Crippen LogP contribution in [0, 0.1) is 5.41 Å². The Morgan fingerprint density at radius 1 is 1.15 bits per heavy atom. The number of methoxy groups -OCH3 is 1. The summed E-state index contributed by atoms with van der Waals surface area (Å²) in [7, 11) is 1.50. The summed E-state index contributed by atoms with van der Waals surface area (Å²) in [6.45, 7) is 9.31. The maximum atomic E-state index is 9.96. The van der Waals surface area contributed by atoms with Crippen molar-refractivity contribution in [1.29, 1.82) is 0 Å². The Hall–Kier alpha value is -1.63. The van der Waals surface area contributed by atoms with Gasteiger partial charge in [0.15, 0.2) is 0 Å². The maximum absolute atomic E-state index is 9.96. The summed E-state index contributed by atoms with van der Waals surface area (Å²) in [5.74, 6) is 0.841. The molecule has 1 aromatic heterocycles. The van der Waals surface area contributed by atoms with Crippen molar-refractivity contribution in [3.8, 4) is 6.01 Å². The molecule has 7 nitrogen and oxygen atoms in total. The number of rotatable bonds is 7. The lowest BCUT2D eigenvalue weighted by Crippen LogP contribution is -2.26. The van der Waals surface area contributed by atoms with E-state index >= 15 is 0 Å². The highest BCUT2D eigenvalue weighted by atomic mass is 16.5. The zero-order valence-corrected chi connectivity index (χ0v) is 12.9. The van der Waals surface area contributed by atoms with Crippen LogP contribution in [0.3, 0.4) is 0 Å². The van der Waals surface area contributed by atoms with Gasteiger partial charge in [-0.2, -0.15) is 15.0 Å². The Labute approximate surface area is 120 Å². The first kappa shape index (κ1) is 16.4.